The summed E-state index contributed by atoms with van der Waals surface area (Å²) in [5.41, 5.74) is 0.906. The molecule has 0 heterocycles. The van der Waals surface area contributed by atoms with E-state index < -0.39 is 34.5 Å². The van der Waals surface area contributed by atoms with E-state index in [1.807, 2.05) is 5.32 Å². The van der Waals surface area contributed by atoms with E-state index in [1.165, 1.54) is 28.6 Å². The zero-order valence-corrected chi connectivity index (χ0v) is 18.6. The van der Waals surface area contributed by atoms with Gasteiger partial charge in [-0.2, -0.15) is 0 Å². The van der Waals surface area contributed by atoms with Crippen LogP contribution in [0.5, 0.6) is 0 Å². The molecule has 0 radical (unpaired) electrons. The van der Waals surface area contributed by atoms with Gasteiger partial charge in [-0.3, -0.25) is 14.4 Å². The number of aryl methyl sites for hydroxylation is 1. The number of nitrogens with one attached hydrogen (secondary N) is 2. The van der Waals surface area contributed by atoms with Crippen molar-refractivity contribution in [3.63, 3.8) is 0 Å². The number of carbonyl (C=O) groups excluding carboxylic acids is 3. The molecule has 0 bridgehead atoms. The molecule has 170 valence electrons. The van der Waals surface area contributed by atoms with Gasteiger partial charge >= 0.3 is 12.0 Å². The number of hydrogen-bond acceptors (Lipinski definition) is 6. The summed E-state index contributed by atoms with van der Waals surface area (Å²) in [5, 5.41) is 4.33. The molecule has 0 spiro atoms. The van der Waals surface area contributed by atoms with Gasteiger partial charge in [0, 0.05) is 13.1 Å². The van der Waals surface area contributed by atoms with Crippen LogP contribution in [0.15, 0.2) is 66.1 Å². The molecular weight excluding hydrogens is 434 g/mol. The number of urea groups is 1. The topological polar surface area (TPSA) is 122 Å². The number of rotatable bonds is 9. The number of amides is 3. The van der Waals surface area contributed by atoms with Gasteiger partial charge < -0.3 is 10.1 Å². The average molecular weight is 460 g/mol. The number of esters is 1. The minimum Gasteiger partial charge on any atom is -0.452 e. The van der Waals surface area contributed by atoms with E-state index in [-0.39, 0.29) is 23.5 Å². The van der Waals surface area contributed by atoms with Crippen molar-refractivity contribution in [1.29, 1.82) is 0 Å². The Balaban J connectivity index is 2.17. The molecule has 0 atom stereocenters. The van der Waals surface area contributed by atoms with Crippen LogP contribution in [0.2, 0.25) is 0 Å². The highest BCUT2D eigenvalue weighted by molar-refractivity contribution is 7.92. The maximum atomic E-state index is 13.3. The van der Waals surface area contributed by atoms with E-state index in [4.69, 9.17) is 4.74 Å². The fourth-order valence-corrected chi connectivity index (χ4v) is 4.52. The summed E-state index contributed by atoms with van der Waals surface area (Å²) in [6.07, 6.45) is 1.44. The lowest BCUT2D eigenvalue weighted by molar-refractivity contribution is -0.123. The molecule has 2 aromatic carbocycles. The van der Waals surface area contributed by atoms with E-state index >= 15 is 0 Å². The van der Waals surface area contributed by atoms with Gasteiger partial charge in [-0.1, -0.05) is 30.3 Å². The summed E-state index contributed by atoms with van der Waals surface area (Å²) in [7, 11) is -3.96. The van der Waals surface area contributed by atoms with Crippen LogP contribution in [-0.2, 0) is 19.6 Å². The van der Waals surface area contributed by atoms with Crippen molar-refractivity contribution in [3.8, 4) is 0 Å². The molecule has 32 heavy (non-hydrogen) atoms. The molecule has 0 aliphatic carbocycles. The van der Waals surface area contributed by atoms with Crippen molar-refractivity contribution < 1.29 is 27.5 Å². The van der Waals surface area contributed by atoms with Gasteiger partial charge in [-0.05, 0) is 43.7 Å². The molecule has 2 N–H and O–H groups in total. The predicted octanol–water partition coefficient (Wildman–Crippen LogP) is 2.38. The Bertz CT molecular complexity index is 1100. The first-order valence-electron chi connectivity index (χ1n) is 9.74. The largest absolute Gasteiger partial charge is 0.452 e. The number of imide groups is 1. The van der Waals surface area contributed by atoms with Crippen molar-refractivity contribution in [1.82, 2.24) is 10.6 Å². The summed E-state index contributed by atoms with van der Waals surface area (Å²) < 4.78 is 32.7. The van der Waals surface area contributed by atoms with E-state index in [2.05, 4.69) is 11.9 Å². The number of carbonyl (C=O) groups is 3. The molecule has 0 saturated heterocycles. The number of anilines is 1. The molecular formula is C22H25N3O6S. The summed E-state index contributed by atoms with van der Waals surface area (Å²) in [4.78, 5) is 35.5. The van der Waals surface area contributed by atoms with Crippen LogP contribution in [0, 0.1) is 6.92 Å². The molecule has 2 aromatic rings. The Morgan fingerprint density at radius 3 is 2.44 bits per heavy atom. The number of sulfonamides is 1. The van der Waals surface area contributed by atoms with Crippen molar-refractivity contribution in [2.75, 3.05) is 24.0 Å². The first kappa shape index (κ1) is 24.6. The van der Waals surface area contributed by atoms with Crippen LogP contribution >= 0.6 is 0 Å². The fourth-order valence-electron chi connectivity index (χ4n) is 2.80. The Hall–Kier alpha value is -3.66. The van der Waals surface area contributed by atoms with Crippen molar-refractivity contribution in [2.24, 2.45) is 0 Å². The van der Waals surface area contributed by atoms with Gasteiger partial charge in [0.25, 0.3) is 15.9 Å². The monoisotopic (exact) mass is 459 g/mol. The maximum Gasteiger partial charge on any atom is 0.338 e. The third-order valence-electron chi connectivity index (χ3n) is 4.32. The highest BCUT2D eigenvalue weighted by Gasteiger charge is 2.26. The van der Waals surface area contributed by atoms with E-state index in [9.17, 15) is 22.8 Å². The third kappa shape index (κ3) is 6.17. The van der Waals surface area contributed by atoms with Crippen LogP contribution in [-0.4, -0.2) is 46.0 Å². The zero-order valence-electron chi connectivity index (χ0n) is 17.8. The highest BCUT2D eigenvalue weighted by atomic mass is 32.2. The minimum atomic E-state index is -3.96. The predicted molar refractivity (Wildman–Crippen MR) is 120 cm³/mol. The Morgan fingerprint density at radius 2 is 1.81 bits per heavy atom. The van der Waals surface area contributed by atoms with Crippen molar-refractivity contribution in [3.05, 3.63) is 72.3 Å². The SMILES string of the molecule is C=CCNC(=O)NC(=O)COC(=O)c1ccc(C)c(S(=O)(=O)N(CC)c2ccccc2)c1. The number of para-hydroxylation sites is 1. The average Bonchev–Trinajstić information content (AvgIpc) is 2.77. The number of nitrogens with zero attached hydrogens (tertiary/aromatic N) is 1. The Morgan fingerprint density at radius 1 is 1.12 bits per heavy atom. The van der Waals surface area contributed by atoms with Crippen LogP contribution in [0.25, 0.3) is 0 Å². The second-order valence-electron chi connectivity index (χ2n) is 6.61. The summed E-state index contributed by atoms with van der Waals surface area (Å²) in [6, 6.07) is 12.0. The molecule has 0 saturated carbocycles. The van der Waals surface area contributed by atoms with E-state index in [0.717, 1.165) is 0 Å². The third-order valence-corrected chi connectivity index (χ3v) is 6.36. The van der Waals surface area contributed by atoms with Crippen LogP contribution in [0.1, 0.15) is 22.8 Å². The van der Waals surface area contributed by atoms with Crippen molar-refractivity contribution >= 4 is 33.6 Å². The molecule has 9 nitrogen and oxygen atoms in total. The first-order chi connectivity index (χ1) is 15.2. The van der Waals surface area contributed by atoms with Crippen LogP contribution in [0.4, 0.5) is 10.5 Å². The normalized spacial score (nSPS) is 10.7. The Labute approximate surface area is 187 Å². The van der Waals surface area contributed by atoms with Crippen LogP contribution in [0.3, 0.4) is 0 Å². The lowest BCUT2D eigenvalue weighted by Crippen LogP contribution is -2.41. The van der Waals surface area contributed by atoms with Gasteiger partial charge in [0.15, 0.2) is 6.61 Å². The second-order valence-corrected chi connectivity index (χ2v) is 8.44. The van der Waals surface area contributed by atoms with Crippen LogP contribution < -0.4 is 14.9 Å². The Kier molecular flexibility index (Phi) is 8.54. The lowest BCUT2D eigenvalue weighted by Gasteiger charge is -2.24. The quantitative estimate of drug-likeness (QED) is 0.439. The second kappa shape index (κ2) is 11.1. The van der Waals surface area contributed by atoms with E-state index in [0.29, 0.717) is 11.3 Å². The standard InChI is InChI=1S/C22H25N3O6S/c1-4-13-23-22(28)24-20(26)15-31-21(27)17-12-11-16(3)19(14-17)32(29,30)25(5-2)18-9-7-6-8-10-18/h4,6-12,14H,1,5,13,15H2,2-3H3,(H2,23,24,26,28). The molecule has 10 heteroatoms. The number of ether oxygens (including phenoxy) is 1. The minimum absolute atomic E-state index is 0.0396. The summed E-state index contributed by atoms with van der Waals surface area (Å²) in [6.45, 7) is 6.40. The molecule has 3 amide bonds. The smallest absolute Gasteiger partial charge is 0.338 e. The summed E-state index contributed by atoms with van der Waals surface area (Å²) >= 11 is 0. The zero-order chi connectivity index (χ0) is 23.7. The van der Waals surface area contributed by atoms with Crippen molar-refractivity contribution in [2.45, 2.75) is 18.7 Å². The molecule has 0 aromatic heterocycles. The molecule has 2 rings (SSSR count). The summed E-state index contributed by atoms with van der Waals surface area (Å²) in [5.74, 6) is -1.73. The first-order valence-corrected chi connectivity index (χ1v) is 11.2. The number of hydrogen-bond donors (Lipinski definition) is 2. The molecule has 0 unspecified atom stereocenters. The lowest BCUT2D eigenvalue weighted by atomic mass is 10.1. The molecule has 0 aliphatic rings. The van der Waals surface area contributed by atoms with Gasteiger partial charge in [0.1, 0.15) is 0 Å². The number of benzene rings is 2. The maximum absolute atomic E-state index is 13.3. The van der Waals surface area contributed by atoms with Gasteiger partial charge in [-0.15, -0.1) is 6.58 Å². The van der Waals surface area contributed by atoms with Gasteiger partial charge in [0.05, 0.1) is 16.1 Å². The van der Waals surface area contributed by atoms with Gasteiger partial charge in [0.2, 0.25) is 0 Å². The fraction of sp³-hybridized carbons (Fsp3) is 0.227. The van der Waals surface area contributed by atoms with E-state index in [1.54, 1.807) is 44.2 Å². The molecule has 0 aliphatic heterocycles. The van der Waals surface area contributed by atoms with Gasteiger partial charge in [-0.25, -0.2) is 18.0 Å². The molecule has 0 fully saturated rings. The highest BCUT2D eigenvalue weighted by Crippen LogP contribution is 2.26.